The van der Waals surface area contributed by atoms with Crippen molar-refractivity contribution in [2.75, 3.05) is 0 Å². The first-order valence-electron chi connectivity index (χ1n) is 13.4. The molecule has 0 spiro atoms. The summed E-state index contributed by atoms with van der Waals surface area (Å²) < 4.78 is 32.4. The number of para-hydroxylation sites is 2. The zero-order valence-corrected chi connectivity index (χ0v) is 25.0. The predicted molar refractivity (Wildman–Crippen MR) is 161 cm³/mol. The van der Waals surface area contributed by atoms with Gasteiger partial charge in [-0.15, -0.1) is 11.3 Å². The Kier molecular flexibility index (Phi) is 9.04. The molecule has 220 valence electrons. The lowest BCUT2D eigenvalue weighted by atomic mass is 10.1. The average Bonchev–Trinajstić information content (AvgIpc) is 3.46. The number of carboxylic acid groups (broad SMARTS) is 1. The van der Waals surface area contributed by atoms with Gasteiger partial charge in [0, 0.05) is 18.0 Å². The number of phosphoric acid groups is 1. The van der Waals surface area contributed by atoms with Gasteiger partial charge < -0.3 is 23.5 Å². The van der Waals surface area contributed by atoms with E-state index in [1.54, 1.807) is 90.3 Å². The number of aliphatic carboxylic acids is 1. The van der Waals surface area contributed by atoms with Crippen molar-refractivity contribution in [2.24, 2.45) is 0 Å². The van der Waals surface area contributed by atoms with E-state index in [9.17, 15) is 19.3 Å². The van der Waals surface area contributed by atoms with E-state index in [2.05, 4.69) is 29.2 Å². The third-order valence-electron chi connectivity index (χ3n) is 6.19. The normalized spacial score (nSPS) is 11.7. The highest BCUT2D eigenvalue weighted by atomic mass is 32.1. The van der Waals surface area contributed by atoms with Crippen LogP contribution < -0.4 is 24.2 Å². The molecule has 43 heavy (non-hydrogen) atoms. The van der Waals surface area contributed by atoms with Crippen LogP contribution in [0.5, 0.6) is 17.4 Å². The van der Waals surface area contributed by atoms with Gasteiger partial charge in [-0.25, -0.2) is 4.98 Å². The minimum atomic E-state index is -4.54. The number of benzene rings is 2. The zero-order valence-electron chi connectivity index (χ0n) is 23.3. The Morgan fingerprint density at radius 1 is 0.977 bits per heavy atom. The van der Waals surface area contributed by atoms with Gasteiger partial charge in [-0.1, -0.05) is 50.2 Å². The van der Waals surface area contributed by atoms with Gasteiger partial charge in [0.25, 0.3) is 5.56 Å². The quantitative estimate of drug-likeness (QED) is 0.132. The van der Waals surface area contributed by atoms with Gasteiger partial charge in [-0.05, 0) is 66.5 Å². The maximum absolute atomic E-state index is 14.1. The minimum Gasteiger partial charge on any atom is -0.545 e. The average molecular weight is 617 g/mol. The summed E-state index contributed by atoms with van der Waals surface area (Å²) in [6.07, 6.45) is 4.50. The Morgan fingerprint density at radius 2 is 1.63 bits per heavy atom. The van der Waals surface area contributed by atoms with Crippen LogP contribution in [0.15, 0.2) is 95.2 Å². The summed E-state index contributed by atoms with van der Waals surface area (Å²) in [5, 5.41) is 14.3. The van der Waals surface area contributed by atoms with Crippen LogP contribution >= 0.6 is 19.2 Å². The molecule has 3 heterocycles. The zero-order chi connectivity index (χ0) is 30.4. The molecule has 0 fully saturated rings. The molecule has 12 heteroatoms. The second-order valence-corrected chi connectivity index (χ2v) is 12.1. The van der Waals surface area contributed by atoms with E-state index in [4.69, 9.17) is 13.6 Å². The van der Waals surface area contributed by atoms with E-state index in [-0.39, 0.29) is 22.7 Å². The third kappa shape index (κ3) is 7.57. The highest BCUT2D eigenvalue weighted by Gasteiger charge is 2.35. The van der Waals surface area contributed by atoms with Crippen molar-refractivity contribution in [1.29, 1.82) is 0 Å². The Balaban J connectivity index is 1.53. The first kappa shape index (κ1) is 29.8. The number of pyridine rings is 1. The lowest BCUT2D eigenvalue weighted by Crippen LogP contribution is -2.22. The Morgan fingerprint density at radius 3 is 2.21 bits per heavy atom. The molecule has 0 aliphatic carbocycles. The summed E-state index contributed by atoms with van der Waals surface area (Å²) in [5.41, 5.74) is 1.17. The number of nitrogens with zero attached hydrogens (tertiary/aromatic N) is 3. The number of carboxylic acids is 1. The van der Waals surface area contributed by atoms with Gasteiger partial charge in [0.15, 0.2) is 0 Å². The van der Waals surface area contributed by atoms with Crippen LogP contribution in [0.1, 0.15) is 41.6 Å². The number of rotatable bonds is 12. The van der Waals surface area contributed by atoms with Crippen LogP contribution in [0.4, 0.5) is 0 Å². The molecule has 0 saturated carbocycles. The third-order valence-corrected chi connectivity index (χ3v) is 8.38. The highest BCUT2D eigenvalue weighted by molar-refractivity contribution is 7.49. The Bertz CT molecular complexity index is 1830. The molecule has 0 aliphatic heterocycles. The summed E-state index contributed by atoms with van der Waals surface area (Å²) in [5.74, 6) is -1.28. The molecule has 2 aromatic carbocycles. The van der Waals surface area contributed by atoms with Gasteiger partial charge in [0.2, 0.25) is 5.88 Å². The number of hydrogen-bond acceptors (Lipinski definition) is 10. The first-order chi connectivity index (χ1) is 20.7. The molecular formula is C31H27N3O7PS-. The smallest absolute Gasteiger partial charge is 0.545 e. The molecule has 0 saturated heterocycles. The Hall–Kier alpha value is -4.73. The van der Waals surface area contributed by atoms with E-state index < -0.39 is 25.2 Å². The fourth-order valence-electron chi connectivity index (χ4n) is 4.03. The van der Waals surface area contributed by atoms with E-state index in [0.717, 1.165) is 22.3 Å². The molecule has 0 radical (unpaired) electrons. The van der Waals surface area contributed by atoms with Crippen molar-refractivity contribution in [3.05, 3.63) is 123 Å². The van der Waals surface area contributed by atoms with Crippen molar-refractivity contribution in [1.82, 2.24) is 14.4 Å². The number of aromatic nitrogens is 3. The molecule has 0 bridgehead atoms. The number of hydrogen-bond donors (Lipinski definition) is 0. The summed E-state index contributed by atoms with van der Waals surface area (Å²) in [4.78, 5) is 33.9. The maximum Gasteiger partial charge on any atom is 0.648 e. The minimum absolute atomic E-state index is 0.177. The van der Waals surface area contributed by atoms with Gasteiger partial charge in [-0.3, -0.25) is 9.20 Å². The van der Waals surface area contributed by atoms with E-state index in [1.165, 1.54) is 4.40 Å². The van der Waals surface area contributed by atoms with Gasteiger partial charge in [0.1, 0.15) is 22.7 Å². The van der Waals surface area contributed by atoms with Crippen LogP contribution in [0, 0.1) is 0 Å². The van der Waals surface area contributed by atoms with Crippen LogP contribution in [0.2, 0.25) is 0 Å². The van der Waals surface area contributed by atoms with Crippen LogP contribution in [0.3, 0.4) is 0 Å². The number of fused-ring (bicyclic) bond motifs is 1. The van der Waals surface area contributed by atoms with Crippen LogP contribution in [-0.4, -0.2) is 20.3 Å². The van der Waals surface area contributed by atoms with Crippen molar-refractivity contribution in [2.45, 2.75) is 32.6 Å². The number of aryl methyl sites for hydroxylation is 2. The molecule has 0 aliphatic rings. The fourth-order valence-corrected chi connectivity index (χ4v) is 6.21. The maximum atomic E-state index is 14.1. The molecule has 0 amide bonds. The number of thiazole rings is 1. The van der Waals surface area contributed by atoms with Gasteiger partial charge in [0.05, 0.1) is 16.7 Å². The van der Waals surface area contributed by atoms with Crippen LogP contribution in [-0.2, 0) is 22.2 Å². The van der Waals surface area contributed by atoms with Crippen molar-refractivity contribution < 1.29 is 28.0 Å². The molecule has 5 aromatic rings. The van der Waals surface area contributed by atoms with Gasteiger partial charge in [-0.2, -0.15) is 9.55 Å². The largest absolute Gasteiger partial charge is 0.648 e. The van der Waals surface area contributed by atoms with Crippen molar-refractivity contribution in [3.8, 4) is 17.4 Å². The second kappa shape index (κ2) is 13.1. The predicted octanol–water partition coefficient (Wildman–Crippen LogP) is 5.47. The molecule has 0 N–H and O–H groups in total. The number of phosphoric ester groups is 1. The molecule has 5 rings (SSSR count). The highest BCUT2D eigenvalue weighted by Crippen LogP contribution is 2.49. The number of carbonyl (C=O) groups excluding carboxylic acids is 1. The topological polar surface area (TPSA) is 132 Å². The lowest BCUT2D eigenvalue weighted by Gasteiger charge is -2.20. The molecule has 0 unspecified atom stereocenters. The van der Waals surface area contributed by atoms with Crippen molar-refractivity contribution >= 4 is 36.9 Å². The summed E-state index contributed by atoms with van der Waals surface area (Å²) >= 11 is 1.60. The summed E-state index contributed by atoms with van der Waals surface area (Å²) in [6, 6.07) is 19.9. The second-order valence-electron chi connectivity index (χ2n) is 9.72. The molecule has 3 aromatic heterocycles. The molecular weight excluding hydrogens is 589 g/mol. The standard InChI is InChI=1S/C31H28N3O7PS/c1-21(2)26-20-43-28(32-26)15-13-22-17-18-34-27(19-22)33-30(25(31(34)37)14-16-29(35)36)41-42(38,39-23-9-5-3-6-10-23)40-24-11-7-4-8-12-24/h3-12,14,16-21H,13,15H2,1-2H3,(H,35,36)/p-1/b16-14+. The van der Waals surface area contributed by atoms with E-state index in [1.807, 2.05) is 0 Å². The molecule has 0 atom stereocenters. The SMILES string of the molecule is CC(C)c1csc(CCc2ccn3c(=O)c(/C=C/C(=O)[O-])c(OP(=O)(Oc4ccccc4)Oc4ccccc4)nc3c2)n1. The van der Waals surface area contributed by atoms with Crippen LogP contribution in [0.25, 0.3) is 11.7 Å². The summed E-state index contributed by atoms with van der Waals surface area (Å²) in [6.45, 7) is 4.19. The fraction of sp³-hybridized carbons (Fsp3) is 0.161. The monoisotopic (exact) mass is 616 g/mol. The molecule has 10 nitrogen and oxygen atoms in total. The van der Waals surface area contributed by atoms with E-state index >= 15 is 0 Å². The Labute approximate surface area is 251 Å². The van der Waals surface area contributed by atoms with Crippen molar-refractivity contribution in [3.63, 3.8) is 0 Å². The van der Waals surface area contributed by atoms with Gasteiger partial charge >= 0.3 is 7.82 Å². The number of carbonyl (C=O) groups is 1. The first-order valence-corrected chi connectivity index (χ1v) is 15.7. The van der Waals surface area contributed by atoms with E-state index in [0.29, 0.717) is 24.8 Å². The lowest BCUT2D eigenvalue weighted by molar-refractivity contribution is -0.297. The summed E-state index contributed by atoms with van der Waals surface area (Å²) in [7, 11) is -4.54.